The van der Waals surface area contributed by atoms with Crippen LogP contribution < -0.4 is 4.90 Å². The maximum atomic E-state index is 14.1. The lowest BCUT2D eigenvalue weighted by Gasteiger charge is -2.36. The lowest BCUT2D eigenvalue weighted by Crippen LogP contribution is -2.49. The van der Waals surface area contributed by atoms with Gasteiger partial charge in [-0.3, -0.25) is 14.9 Å². The number of piperazine rings is 1. The molecule has 0 spiro atoms. The predicted molar refractivity (Wildman–Crippen MR) is 110 cm³/mol. The highest BCUT2D eigenvalue weighted by molar-refractivity contribution is 5.95. The number of nitro groups is 1. The van der Waals surface area contributed by atoms with E-state index in [4.69, 9.17) is 0 Å². The van der Waals surface area contributed by atoms with Gasteiger partial charge in [0.1, 0.15) is 11.5 Å². The Morgan fingerprint density at radius 1 is 1.03 bits per heavy atom. The van der Waals surface area contributed by atoms with Crippen LogP contribution >= 0.6 is 0 Å². The third-order valence-corrected chi connectivity index (χ3v) is 5.32. The highest BCUT2D eigenvalue weighted by atomic mass is 19.4. The van der Waals surface area contributed by atoms with Crippen molar-refractivity contribution in [3.8, 4) is 5.69 Å². The molecule has 1 aromatic heterocycles. The molecule has 0 N–H and O–H groups in total. The van der Waals surface area contributed by atoms with Gasteiger partial charge in [-0.05, 0) is 18.2 Å². The number of nitrogens with zero attached hydrogens (tertiary/aromatic N) is 5. The Morgan fingerprint density at radius 2 is 1.73 bits per heavy atom. The zero-order valence-electron chi connectivity index (χ0n) is 17.0. The Morgan fingerprint density at radius 3 is 2.36 bits per heavy atom. The van der Waals surface area contributed by atoms with Gasteiger partial charge in [0, 0.05) is 44.0 Å². The van der Waals surface area contributed by atoms with Crippen LogP contribution in [0.25, 0.3) is 5.69 Å². The first-order valence-corrected chi connectivity index (χ1v) is 9.85. The van der Waals surface area contributed by atoms with Crippen LogP contribution in [0.15, 0.2) is 54.7 Å². The number of rotatable bonds is 4. The number of anilines is 1. The van der Waals surface area contributed by atoms with Crippen LogP contribution in [0.1, 0.15) is 16.1 Å². The Balaban J connectivity index is 1.57. The van der Waals surface area contributed by atoms with Gasteiger partial charge in [-0.25, -0.2) is 9.07 Å². The van der Waals surface area contributed by atoms with Gasteiger partial charge in [-0.2, -0.15) is 18.3 Å². The topological polar surface area (TPSA) is 84.5 Å². The summed E-state index contributed by atoms with van der Waals surface area (Å²) in [5, 5.41) is 14.6. The van der Waals surface area contributed by atoms with Crippen molar-refractivity contribution < 1.29 is 27.3 Å². The number of nitro benzene ring substituents is 1. The first kappa shape index (κ1) is 22.2. The molecule has 3 aromatic rings. The molecular weight excluding hydrogens is 446 g/mol. The fourth-order valence-corrected chi connectivity index (χ4v) is 3.73. The van der Waals surface area contributed by atoms with E-state index in [1.54, 1.807) is 6.07 Å². The van der Waals surface area contributed by atoms with Gasteiger partial charge in [0.05, 0.1) is 16.7 Å². The lowest BCUT2D eigenvalue weighted by molar-refractivity contribution is -0.384. The number of non-ortho nitro benzene ring substituents is 1. The minimum absolute atomic E-state index is 0.0821. The third-order valence-electron chi connectivity index (χ3n) is 5.32. The number of carbonyl (C=O) groups is 1. The van der Waals surface area contributed by atoms with E-state index in [1.165, 1.54) is 35.2 Å². The Kier molecular flexibility index (Phi) is 5.75. The zero-order chi connectivity index (χ0) is 23.8. The van der Waals surface area contributed by atoms with E-state index in [-0.39, 0.29) is 31.9 Å². The first-order valence-electron chi connectivity index (χ1n) is 9.85. The SMILES string of the molecule is O=C(c1cnn(-c2ccccc2F)c1C(F)(F)F)N1CCN(c2cccc([N+](=O)[O-])c2)CC1. The number of aromatic nitrogens is 2. The molecule has 172 valence electrons. The predicted octanol–water partition coefficient (Wildman–Crippen LogP) is 3.90. The molecule has 0 saturated carbocycles. The highest BCUT2D eigenvalue weighted by Crippen LogP contribution is 2.35. The average Bonchev–Trinajstić information content (AvgIpc) is 3.25. The van der Waals surface area contributed by atoms with Gasteiger partial charge >= 0.3 is 6.18 Å². The second kappa shape index (κ2) is 8.52. The van der Waals surface area contributed by atoms with Gasteiger partial charge < -0.3 is 9.80 Å². The molecule has 0 atom stereocenters. The summed E-state index contributed by atoms with van der Waals surface area (Å²) in [6, 6.07) is 10.8. The van der Waals surface area contributed by atoms with Gasteiger partial charge in [0.15, 0.2) is 5.69 Å². The number of amides is 1. The molecule has 1 aliphatic heterocycles. The van der Waals surface area contributed by atoms with Gasteiger partial charge in [0.25, 0.3) is 11.6 Å². The maximum absolute atomic E-state index is 14.1. The molecule has 2 aromatic carbocycles. The summed E-state index contributed by atoms with van der Waals surface area (Å²) in [5.41, 5.74) is -1.94. The number of hydrogen-bond acceptors (Lipinski definition) is 5. The van der Waals surface area contributed by atoms with Crippen molar-refractivity contribution in [2.45, 2.75) is 6.18 Å². The lowest BCUT2D eigenvalue weighted by atomic mass is 10.1. The van der Waals surface area contributed by atoms with Gasteiger partial charge in [-0.15, -0.1) is 0 Å². The molecule has 1 fully saturated rings. The number of benzene rings is 2. The second-order valence-electron chi connectivity index (χ2n) is 7.32. The zero-order valence-corrected chi connectivity index (χ0v) is 17.0. The quantitative estimate of drug-likeness (QED) is 0.333. The van der Waals surface area contributed by atoms with Crippen molar-refractivity contribution in [1.29, 1.82) is 0 Å². The van der Waals surface area contributed by atoms with E-state index in [1.807, 2.05) is 4.90 Å². The van der Waals surface area contributed by atoms with E-state index in [2.05, 4.69) is 5.10 Å². The van der Waals surface area contributed by atoms with Crippen LogP contribution in [0.3, 0.4) is 0 Å². The average molecular weight is 463 g/mol. The standard InChI is InChI=1S/C21H17F4N5O3/c22-17-6-1-2-7-18(17)29-19(21(23,24)25)16(13-26-29)20(31)28-10-8-27(9-11-28)14-4-3-5-15(12-14)30(32)33/h1-7,12-13H,8-11H2. The van der Waals surface area contributed by atoms with Crippen LogP contribution in [-0.4, -0.2) is 51.7 Å². The molecule has 1 aliphatic rings. The molecule has 33 heavy (non-hydrogen) atoms. The Labute approximate surface area is 184 Å². The third kappa shape index (κ3) is 4.36. The summed E-state index contributed by atoms with van der Waals surface area (Å²) < 4.78 is 56.1. The Bertz CT molecular complexity index is 1200. The summed E-state index contributed by atoms with van der Waals surface area (Å²) in [6.45, 7) is 0.749. The summed E-state index contributed by atoms with van der Waals surface area (Å²) in [6.07, 6.45) is -4.15. The fourth-order valence-electron chi connectivity index (χ4n) is 3.73. The molecule has 0 bridgehead atoms. The largest absolute Gasteiger partial charge is 0.434 e. The van der Waals surface area contributed by atoms with E-state index in [9.17, 15) is 32.5 Å². The normalized spacial score (nSPS) is 14.4. The molecule has 1 amide bonds. The Hall–Kier alpha value is -3.96. The highest BCUT2D eigenvalue weighted by Gasteiger charge is 2.42. The summed E-state index contributed by atoms with van der Waals surface area (Å²) in [4.78, 5) is 26.5. The summed E-state index contributed by atoms with van der Waals surface area (Å²) >= 11 is 0. The van der Waals surface area contributed by atoms with Crippen LogP contribution in [0, 0.1) is 15.9 Å². The monoisotopic (exact) mass is 463 g/mol. The second-order valence-corrected chi connectivity index (χ2v) is 7.32. The molecule has 2 heterocycles. The van der Waals surface area contributed by atoms with Crippen molar-refractivity contribution in [2.75, 3.05) is 31.1 Å². The number of para-hydroxylation sites is 1. The van der Waals surface area contributed by atoms with Crippen molar-refractivity contribution in [2.24, 2.45) is 0 Å². The molecule has 0 aliphatic carbocycles. The maximum Gasteiger partial charge on any atom is 0.434 e. The molecule has 4 rings (SSSR count). The number of alkyl halides is 3. The molecular formula is C21H17F4N5O3. The molecule has 0 radical (unpaired) electrons. The van der Waals surface area contributed by atoms with Crippen molar-refractivity contribution in [1.82, 2.24) is 14.7 Å². The van der Waals surface area contributed by atoms with Crippen LogP contribution in [0.2, 0.25) is 0 Å². The van der Waals surface area contributed by atoms with Gasteiger partial charge in [-0.1, -0.05) is 18.2 Å². The molecule has 1 saturated heterocycles. The summed E-state index contributed by atoms with van der Waals surface area (Å²) in [5.74, 6) is -1.78. The smallest absolute Gasteiger partial charge is 0.368 e. The van der Waals surface area contributed by atoms with Crippen molar-refractivity contribution in [3.63, 3.8) is 0 Å². The van der Waals surface area contributed by atoms with Crippen molar-refractivity contribution in [3.05, 3.63) is 81.9 Å². The van der Waals surface area contributed by atoms with Gasteiger partial charge in [0.2, 0.25) is 0 Å². The molecule has 0 unspecified atom stereocenters. The number of carbonyl (C=O) groups excluding carboxylic acids is 1. The molecule has 8 nitrogen and oxygen atoms in total. The number of hydrogen-bond donors (Lipinski definition) is 0. The fraction of sp³-hybridized carbons (Fsp3) is 0.238. The van der Waals surface area contributed by atoms with Crippen LogP contribution in [0.4, 0.5) is 28.9 Å². The van der Waals surface area contributed by atoms with Crippen LogP contribution in [0.5, 0.6) is 0 Å². The minimum atomic E-state index is -4.95. The van der Waals surface area contributed by atoms with E-state index >= 15 is 0 Å². The first-order chi connectivity index (χ1) is 15.7. The van der Waals surface area contributed by atoms with Crippen LogP contribution in [-0.2, 0) is 6.18 Å². The van der Waals surface area contributed by atoms with Crippen molar-refractivity contribution >= 4 is 17.3 Å². The van der Waals surface area contributed by atoms with E-state index < -0.39 is 39.8 Å². The minimum Gasteiger partial charge on any atom is -0.368 e. The van der Waals surface area contributed by atoms with E-state index in [0.29, 0.717) is 10.4 Å². The number of halogens is 4. The molecule has 12 heteroatoms. The summed E-state index contributed by atoms with van der Waals surface area (Å²) in [7, 11) is 0. The van der Waals surface area contributed by atoms with E-state index in [0.717, 1.165) is 18.3 Å².